The van der Waals surface area contributed by atoms with E-state index < -0.39 is 16.1 Å². The van der Waals surface area contributed by atoms with Crippen molar-refractivity contribution >= 4 is 39.1 Å². The molecule has 144 valence electrons. The number of carbonyl (C=O) groups excluding carboxylic acids is 1. The zero-order chi connectivity index (χ0) is 19.1. The summed E-state index contributed by atoms with van der Waals surface area (Å²) in [4.78, 5) is 14.8. The third kappa shape index (κ3) is 3.49. The Hall–Kier alpha value is -0.820. The number of carbonyl (C=O) groups is 1. The molecule has 0 aliphatic carbocycles. The van der Waals surface area contributed by atoms with Gasteiger partial charge in [0.2, 0.25) is 15.9 Å². The first-order valence-electron chi connectivity index (χ1n) is 9.01. The van der Waals surface area contributed by atoms with Gasteiger partial charge in [0.05, 0.1) is 5.02 Å². The fourth-order valence-electron chi connectivity index (χ4n) is 3.83. The van der Waals surface area contributed by atoms with Gasteiger partial charge in [0.25, 0.3) is 0 Å². The molecule has 3 rings (SSSR count). The van der Waals surface area contributed by atoms with Crippen LogP contribution < -0.4 is 0 Å². The van der Waals surface area contributed by atoms with E-state index in [1.54, 1.807) is 24.8 Å². The second-order valence-corrected chi connectivity index (χ2v) is 9.72. The predicted octanol–water partition coefficient (Wildman–Crippen LogP) is 3.78. The van der Waals surface area contributed by atoms with Crippen molar-refractivity contribution < 1.29 is 13.2 Å². The molecule has 8 heteroatoms. The largest absolute Gasteiger partial charge is 0.341 e. The van der Waals surface area contributed by atoms with E-state index in [1.807, 2.05) is 0 Å². The Morgan fingerprint density at radius 1 is 1.08 bits per heavy atom. The van der Waals surface area contributed by atoms with Gasteiger partial charge in [-0.05, 0) is 56.7 Å². The van der Waals surface area contributed by atoms with Gasteiger partial charge in [0.1, 0.15) is 10.9 Å². The fourth-order valence-corrected chi connectivity index (χ4v) is 6.65. The summed E-state index contributed by atoms with van der Waals surface area (Å²) in [5.74, 6) is -0.0849. The third-order valence-electron chi connectivity index (χ3n) is 5.31. The molecule has 0 saturated carbocycles. The lowest BCUT2D eigenvalue weighted by molar-refractivity contribution is -0.135. The van der Waals surface area contributed by atoms with E-state index in [-0.39, 0.29) is 15.8 Å². The minimum atomic E-state index is -3.92. The molecule has 2 aliphatic rings. The second-order valence-electron chi connectivity index (χ2n) is 7.10. The average molecular weight is 419 g/mol. The summed E-state index contributed by atoms with van der Waals surface area (Å²) in [5.41, 5.74) is 1.04. The Kier molecular flexibility index (Phi) is 5.87. The Morgan fingerprint density at radius 2 is 1.69 bits per heavy atom. The van der Waals surface area contributed by atoms with Crippen LogP contribution in [-0.4, -0.2) is 49.2 Å². The number of amides is 1. The molecule has 0 radical (unpaired) electrons. The van der Waals surface area contributed by atoms with Crippen molar-refractivity contribution in [2.75, 3.05) is 19.6 Å². The summed E-state index contributed by atoms with van der Waals surface area (Å²) in [7, 11) is -3.92. The van der Waals surface area contributed by atoms with E-state index in [4.69, 9.17) is 23.2 Å². The van der Waals surface area contributed by atoms with Crippen LogP contribution in [0, 0.1) is 13.8 Å². The standard InChI is InChI=1S/C18H24Cl2N2O3S/c1-12-11-14(19)13(2)17(16(12)20)26(24,25)22-10-4-3-7-15(22)18(23)21-8-5-6-9-21/h11,15H,3-10H2,1-2H3. The summed E-state index contributed by atoms with van der Waals surface area (Å²) in [6.45, 7) is 5.13. The van der Waals surface area contributed by atoms with Gasteiger partial charge < -0.3 is 4.90 Å². The maximum absolute atomic E-state index is 13.5. The maximum Gasteiger partial charge on any atom is 0.245 e. The number of sulfonamides is 1. The Morgan fingerprint density at radius 3 is 2.35 bits per heavy atom. The van der Waals surface area contributed by atoms with Gasteiger partial charge >= 0.3 is 0 Å². The number of nitrogens with zero attached hydrogens (tertiary/aromatic N) is 2. The van der Waals surface area contributed by atoms with Crippen LogP contribution in [0.2, 0.25) is 10.0 Å². The molecular weight excluding hydrogens is 395 g/mol. The maximum atomic E-state index is 13.5. The van der Waals surface area contributed by atoms with Crippen molar-refractivity contribution in [2.45, 2.75) is 56.9 Å². The fraction of sp³-hybridized carbons (Fsp3) is 0.611. The second kappa shape index (κ2) is 7.66. The molecule has 26 heavy (non-hydrogen) atoms. The monoisotopic (exact) mass is 418 g/mol. The van der Waals surface area contributed by atoms with Gasteiger partial charge in [-0.2, -0.15) is 4.31 Å². The SMILES string of the molecule is Cc1cc(Cl)c(C)c(S(=O)(=O)N2CCCCC2C(=O)N2CCCC2)c1Cl. The van der Waals surface area contributed by atoms with Gasteiger partial charge in [-0.25, -0.2) is 8.42 Å². The third-order valence-corrected chi connectivity index (χ3v) is 8.38. The quantitative estimate of drug-likeness (QED) is 0.750. The molecule has 2 heterocycles. The predicted molar refractivity (Wildman–Crippen MR) is 103 cm³/mol. The molecule has 1 aromatic carbocycles. The number of rotatable bonds is 3. The molecular formula is C18H24Cl2N2O3S. The highest BCUT2D eigenvalue weighted by Crippen LogP contribution is 2.37. The van der Waals surface area contributed by atoms with Gasteiger partial charge in [0, 0.05) is 24.7 Å². The van der Waals surface area contributed by atoms with Crippen LogP contribution in [0.4, 0.5) is 0 Å². The minimum Gasteiger partial charge on any atom is -0.341 e. The van der Waals surface area contributed by atoms with Crippen LogP contribution in [0.3, 0.4) is 0 Å². The molecule has 2 aliphatic heterocycles. The van der Waals surface area contributed by atoms with E-state index in [0.717, 1.165) is 25.7 Å². The first-order valence-corrected chi connectivity index (χ1v) is 11.2. The highest BCUT2D eigenvalue weighted by Gasteiger charge is 2.41. The summed E-state index contributed by atoms with van der Waals surface area (Å²) >= 11 is 12.6. The molecule has 0 N–H and O–H groups in total. The number of hydrogen-bond acceptors (Lipinski definition) is 3. The van der Waals surface area contributed by atoms with E-state index in [2.05, 4.69) is 0 Å². The van der Waals surface area contributed by atoms with Crippen molar-refractivity contribution in [3.05, 3.63) is 27.2 Å². The van der Waals surface area contributed by atoms with E-state index >= 15 is 0 Å². The summed E-state index contributed by atoms with van der Waals surface area (Å²) in [5, 5.41) is 0.551. The molecule has 2 fully saturated rings. The highest BCUT2D eigenvalue weighted by molar-refractivity contribution is 7.89. The molecule has 1 aromatic rings. The molecule has 0 bridgehead atoms. The Labute approximate surface area is 165 Å². The normalized spacial score (nSPS) is 22.0. The van der Waals surface area contributed by atoms with Crippen LogP contribution in [0.15, 0.2) is 11.0 Å². The number of halogens is 2. The van der Waals surface area contributed by atoms with Gasteiger partial charge in [-0.15, -0.1) is 0 Å². The first kappa shape index (κ1) is 19.9. The Balaban J connectivity index is 2.03. The molecule has 0 spiro atoms. The summed E-state index contributed by atoms with van der Waals surface area (Å²) < 4.78 is 28.3. The van der Waals surface area contributed by atoms with Crippen molar-refractivity contribution in [1.29, 1.82) is 0 Å². The van der Waals surface area contributed by atoms with Crippen LogP contribution in [0.5, 0.6) is 0 Å². The minimum absolute atomic E-state index is 0.0327. The highest BCUT2D eigenvalue weighted by atomic mass is 35.5. The lowest BCUT2D eigenvalue weighted by Crippen LogP contribution is -2.52. The van der Waals surface area contributed by atoms with Crippen molar-refractivity contribution in [3.8, 4) is 0 Å². The van der Waals surface area contributed by atoms with E-state index in [9.17, 15) is 13.2 Å². The Bertz CT molecular complexity index is 794. The van der Waals surface area contributed by atoms with Crippen LogP contribution in [-0.2, 0) is 14.8 Å². The van der Waals surface area contributed by atoms with E-state index in [0.29, 0.717) is 42.2 Å². The summed E-state index contributed by atoms with van der Waals surface area (Å²) in [6.07, 6.45) is 4.08. The molecule has 0 aromatic heterocycles. The lowest BCUT2D eigenvalue weighted by Gasteiger charge is -2.36. The van der Waals surface area contributed by atoms with Crippen molar-refractivity contribution in [3.63, 3.8) is 0 Å². The zero-order valence-electron chi connectivity index (χ0n) is 15.1. The van der Waals surface area contributed by atoms with Crippen molar-refractivity contribution in [1.82, 2.24) is 9.21 Å². The van der Waals surface area contributed by atoms with Gasteiger partial charge in [-0.3, -0.25) is 4.79 Å². The van der Waals surface area contributed by atoms with E-state index in [1.165, 1.54) is 4.31 Å². The van der Waals surface area contributed by atoms with Crippen molar-refractivity contribution in [2.24, 2.45) is 0 Å². The molecule has 1 atom stereocenters. The van der Waals surface area contributed by atoms with Crippen LogP contribution in [0.25, 0.3) is 0 Å². The van der Waals surface area contributed by atoms with Crippen LogP contribution >= 0.6 is 23.2 Å². The molecule has 5 nitrogen and oxygen atoms in total. The molecule has 1 unspecified atom stereocenters. The first-order chi connectivity index (χ1) is 12.2. The zero-order valence-corrected chi connectivity index (χ0v) is 17.4. The van der Waals surface area contributed by atoms with Crippen LogP contribution in [0.1, 0.15) is 43.2 Å². The molecule has 1 amide bonds. The molecule has 2 saturated heterocycles. The number of aryl methyl sites for hydroxylation is 1. The topological polar surface area (TPSA) is 57.7 Å². The number of benzene rings is 1. The lowest BCUT2D eigenvalue weighted by atomic mass is 10.0. The number of hydrogen-bond donors (Lipinski definition) is 0. The smallest absolute Gasteiger partial charge is 0.245 e. The van der Waals surface area contributed by atoms with Gasteiger partial charge in [0.15, 0.2) is 0 Å². The van der Waals surface area contributed by atoms with Gasteiger partial charge in [-0.1, -0.05) is 29.6 Å². The average Bonchev–Trinajstić information content (AvgIpc) is 3.14. The number of likely N-dealkylation sites (tertiary alicyclic amines) is 1. The summed E-state index contributed by atoms with van der Waals surface area (Å²) in [6, 6.07) is 1.02. The number of piperidine rings is 1.